The van der Waals surface area contributed by atoms with E-state index in [9.17, 15) is 4.79 Å². The highest BCUT2D eigenvalue weighted by Gasteiger charge is 2.26. The molecule has 1 N–H and O–H groups in total. The summed E-state index contributed by atoms with van der Waals surface area (Å²) in [5.74, 6) is 1.34. The number of aryl methyl sites for hydroxylation is 2. The summed E-state index contributed by atoms with van der Waals surface area (Å²) in [5.41, 5.74) is 2.14. The van der Waals surface area contributed by atoms with Crippen LogP contribution in [0.5, 0.6) is 0 Å². The predicted molar refractivity (Wildman–Crippen MR) is 112 cm³/mol. The average Bonchev–Trinajstić information content (AvgIpc) is 3.44. The summed E-state index contributed by atoms with van der Waals surface area (Å²) in [6.45, 7) is 5.81. The zero-order valence-electron chi connectivity index (χ0n) is 17.3. The third kappa shape index (κ3) is 5.33. The third-order valence-electron chi connectivity index (χ3n) is 5.46. The Hall–Kier alpha value is -3.00. The SMILES string of the molecule is Cc1ccc(-c2noc(CN3CCCC(C(=O)NCCCn4ccnc4)C3)n2)cc1. The molecular formula is C22H28N6O2. The summed E-state index contributed by atoms with van der Waals surface area (Å²) < 4.78 is 7.47. The van der Waals surface area contributed by atoms with E-state index in [-0.39, 0.29) is 11.8 Å². The first-order valence-electron chi connectivity index (χ1n) is 10.5. The van der Waals surface area contributed by atoms with Gasteiger partial charge < -0.3 is 14.4 Å². The van der Waals surface area contributed by atoms with E-state index in [4.69, 9.17) is 4.52 Å². The van der Waals surface area contributed by atoms with E-state index in [0.717, 1.165) is 44.5 Å². The molecule has 8 nitrogen and oxygen atoms in total. The van der Waals surface area contributed by atoms with Gasteiger partial charge in [0.2, 0.25) is 17.6 Å². The van der Waals surface area contributed by atoms with Crippen LogP contribution in [0.25, 0.3) is 11.4 Å². The van der Waals surface area contributed by atoms with Gasteiger partial charge in [-0.15, -0.1) is 0 Å². The Labute approximate surface area is 176 Å². The molecule has 1 aliphatic heterocycles. The summed E-state index contributed by atoms with van der Waals surface area (Å²) >= 11 is 0. The number of hydrogen-bond donors (Lipinski definition) is 1. The molecule has 0 radical (unpaired) electrons. The van der Waals surface area contributed by atoms with Crippen molar-refractivity contribution < 1.29 is 9.32 Å². The standard InChI is InChI=1S/C22H28N6O2/c1-17-5-7-18(8-6-17)21-25-20(30-26-21)15-28-11-2-4-19(14-28)22(29)24-9-3-12-27-13-10-23-16-27/h5-8,10,13,16,19H,2-4,9,11-12,14-15H2,1H3,(H,24,29). The van der Waals surface area contributed by atoms with E-state index in [0.29, 0.717) is 24.8 Å². The van der Waals surface area contributed by atoms with Crippen molar-refractivity contribution in [1.29, 1.82) is 0 Å². The largest absolute Gasteiger partial charge is 0.356 e. The molecule has 1 unspecified atom stereocenters. The number of aromatic nitrogens is 4. The number of rotatable bonds is 8. The highest BCUT2D eigenvalue weighted by Crippen LogP contribution is 2.20. The lowest BCUT2D eigenvalue weighted by molar-refractivity contribution is -0.126. The second-order valence-corrected chi connectivity index (χ2v) is 7.90. The van der Waals surface area contributed by atoms with Crippen molar-refractivity contribution in [3.8, 4) is 11.4 Å². The molecule has 1 aromatic carbocycles. The van der Waals surface area contributed by atoms with Gasteiger partial charge >= 0.3 is 0 Å². The molecule has 1 atom stereocenters. The van der Waals surface area contributed by atoms with Gasteiger partial charge in [-0.1, -0.05) is 35.0 Å². The molecule has 0 bridgehead atoms. The van der Waals surface area contributed by atoms with Crippen LogP contribution in [0.15, 0.2) is 47.5 Å². The fourth-order valence-electron chi connectivity index (χ4n) is 3.78. The zero-order chi connectivity index (χ0) is 20.8. The minimum atomic E-state index is 0.00600. The van der Waals surface area contributed by atoms with Gasteiger partial charge in [-0.05, 0) is 32.7 Å². The molecule has 8 heteroatoms. The molecule has 3 heterocycles. The average molecular weight is 409 g/mol. The highest BCUT2D eigenvalue weighted by atomic mass is 16.5. The van der Waals surface area contributed by atoms with Crippen LogP contribution in [0.3, 0.4) is 0 Å². The minimum Gasteiger partial charge on any atom is -0.356 e. The third-order valence-corrected chi connectivity index (χ3v) is 5.46. The van der Waals surface area contributed by atoms with Gasteiger partial charge in [0.15, 0.2) is 0 Å². The van der Waals surface area contributed by atoms with Crippen LogP contribution in [-0.2, 0) is 17.9 Å². The lowest BCUT2D eigenvalue weighted by atomic mass is 9.97. The monoisotopic (exact) mass is 408 g/mol. The lowest BCUT2D eigenvalue weighted by Gasteiger charge is -2.30. The Kier molecular flexibility index (Phi) is 6.53. The summed E-state index contributed by atoms with van der Waals surface area (Å²) in [6, 6.07) is 8.07. The maximum atomic E-state index is 12.6. The van der Waals surface area contributed by atoms with Crippen LogP contribution in [0.4, 0.5) is 0 Å². The van der Waals surface area contributed by atoms with Crippen molar-refractivity contribution in [2.75, 3.05) is 19.6 Å². The number of amides is 1. The van der Waals surface area contributed by atoms with Crippen LogP contribution in [0.2, 0.25) is 0 Å². The number of imidazole rings is 1. The van der Waals surface area contributed by atoms with Gasteiger partial charge in [-0.25, -0.2) is 4.98 Å². The predicted octanol–water partition coefficient (Wildman–Crippen LogP) is 2.66. The highest BCUT2D eigenvalue weighted by molar-refractivity contribution is 5.78. The zero-order valence-corrected chi connectivity index (χ0v) is 17.3. The van der Waals surface area contributed by atoms with Crippen molar-refractivity contribution in [2.45, 2.75) is 39.3 Å². The Balaban J connectivity index is 1.24. The molecular weight excluding hydrogens is 380 g/mol. The fourth-order valence-corrected chi connectivity index (χ4v) is 3.78. The Morgan fingerprint density at radius 2 is 2.17 bits per heavy atom. The Bertz CT molecular complexity index is 935. The summed E-state index contributed by atoms with van der Waals surface area (Å²) in [4.78, 5) is 23.4. The normalized spacial score (nSPS) is 17.2. The first kappa shape index (κ1) is 20.3. The Morgan fingerprint density at radius 1 is 1.30 bits per heavy atom. The van der Waals surface area contributed by atoms with Crippen molar-refractivity contribution in [3.05, 3.63) is 54.4 Å². The van der Waals surface area contributed by atoms with Gasteiger partial charge in [-0.2, -0.15) is 4.98 Å². The van der Waals surface area contributed by atoms with Crippen LogP contribution >= 0.6 is 0 Å². The number of likely N-dealkylation sites (tertiary alicyclic amines) is 1. The molecule has 1 saturated heterocycles. The number of piperidine rings is 1. The van der Waals surface area contributed by atoms with Gasteiger partial charge in [0.25, 0.3) is 0 Å². The van der Waals surface area contributed by atoms with Gasteiger partial charge in [0.05, 0.1) is 18.8 Å². The number of carbonyl (C=O) groups excluding carboxylic acids is 1. The van der Waals surface area contributed by atoms with Crippen LogP contribution in [0, 0.1) is 12.8 Å². The van der Waals surface area contributed by atoms with Crippen molar-refractivity contribution in [3.63, 3.8) is 0 Å². The molecule has 2 aromatic heterocycles. The number of benzene rings is 1. The maximum Gasteiger partial charge on any atom is 0.241 e. The molecule has 158 valence electrons. The molecule has 4 rings (SSSR count). The molecule has 0 aliphatic carbocycles. The smallest absolute Gasteiger partial charge is 0.241 e. The number of nitrogens with zero attached hydrogens (tertiary/aromatic N) is 5. The number of carbonyl (C=O) groups is 1. The Morgan fingerprint density at radius 3 is 2.97 bits per heavy atom. The summed E-state index contributed by atoms with van der Waals surface area (Å²) in [6.07, 6.45) is 8.30. The van der Waals surface area contributed by atoms with Gasteiger partial charge in [0, 0.05) is 37.6 Å². The van der Waals surface area contributed by atoms with E-state index < -0.39 is 0 Å². The molecule has 1 amide bonds. The van der Waals surface area contributed by atoms with Crippen LogP contribution < -0.4 is 5.32 Å². The quantitative estimate of drug-likeness (QED) is 0.577. The number of nitrogens with one attached hydrogen (secondary N) is 1. The first-order chi connectivity index (χ1) is 14.7. The van der Waals surface area contributed by atoms with E-state index in [1.165, 1.54) is 5.56 Å². The topological polar surface area (TPSA) is 89.1 Å². The maximum absolute atomic E-state index is 12.6. The second kappa shape index (κ2) is 9.67. The van der Waals surface area contributed by atoms with E-state index in [1.54, 1.807) is 12.5 Å². The number of hydrogen-bond acceptors (Lipinski definition) is 6. The molecule has 0 saturated carbocycles. The van der Waals surface area contributed by atoms with E-state index >= 15 is 0 Å². The fraction of sp³-hybridized carbons (Fsp3) is 0.455. The molecule has 3 aromatic rings. The van der Waals surface area contributed by atoms with Gasteiger partial charge in [-0.3, -0.25) is 9.69 Å². The molecule has 1 aliphatic rings. The molecule has 30 heavy (non-hydrogen) atoms. The van der Waals surface area contributed by atoms with Crippen molar-refractivity contribution in [2.24, 2.45) is 5.92 Å². The summed E-state index contributed by atoms with van der Waals surface area (Å²) in [5, 5.41) is 7.19. The molecule has 0 spiro atoms. The molecule has 1 fully saturated rings. The van der Waals surface area contributed by atoms with Crippen molar-refractivity contribution >= 4 is 5.91 Å². The second-order valence-electron chi connectivity index (χ2n) is 7.90. The van der Waals surface area contributed by atoms with Crippen LogP contribution in [-0.4, -0.2) is 50.1 Å². The van der Waals surface area contributed by atoms with Crippen molar-refractivity contribution in [1.82, 2.24) is 29.9 Å². The first-order valence-corrected chi connectivity index (χ1v) is 10.5. The van der Waals surface area contributed by atoms with Gasteiger partial charge in [0.1, 0.15) is 0 Å². The van der Waals surface area contributed by atoms with E-state index in [2.05, 4.69) is 25.3 Å². The minimum absolute atomic E-state index is 0.00600. The lowest BCUT2D eigenvalue weighted by Crippen LogP contribution is -2.43. The van der Waals surface area contributed by atoms with E-state index in [1.807, 2.05) is 42.0 Å². The van der Waals surface area contributed by atoms with Crippen LogP contribution in [0.1, 0.15) is 30.7 Å². The summed E-state index contributed by atoms with van der Waals surface area (Å²) in [7, 11) is 0.